The van der Waals surface area contributed by atoms with Crippen molar-refractivity contribution < 1.29 is 13.9 Å². The topological polar surface area (TPSA) is 30.5 Å². The van der Waals surface area contributed by atoms with Crippen molar-refractivity contribution in [2.24, 2.45) is 0 Å². The molecule has 0 amide bonds. The van der Waals surface area contributed by atoms with E-state index < -0.39 is 0 Å². The highest BCUT2D eigenvalue weighted by Crippen LogP contribution is 2.29. The van der Waals surface area contributed by atoms with Gasteiger partial charge in [0.25, 0.3) is 0 Å². The molecule has 0 saturated heterocycles. The van der Waals surface area contributed by atoms with Crippen molar-refractivity contribution in [3.05, 3.63) is 29.6 Å². The molecule has 1 fully saturated rings. The summed E-state index contributed by atoms with van der Waals surface area (Å²) in [5.41, 5.74) is 0.603. The van der Waals surface area contributed by atoms with Gasteiger partial charge in [0.1, 0.15) is 23.8 Å². The van der Waals surface area contributed by atoms with E-state index in [1.807, 2.05) is 0 Å². The third kappa shape index (κ3) is 3.25. The first-order chi connectivity index (χ1) is 9.15. The van der Waals surface area contributed by atoms with Crippen molar-refractivity contribution in [3.63, 3.8) is 0 Å². The van der Waals surface area contributed by atoms with Gasteiger partial charge in [0.15, 0.2) is 0 Å². The van der Waals surface area contributed by atoms with Gasteiger partial charge in [-0.3, -0.25) is 0 Å². The third-order valence-corrected chi connectivity index (χ3v) is 3.59. The minimum Gasteiger partial charge on any atom is -0.488 e. The van der Waals surface area contributed by atoms with Crippen molar-refractivity contribution in [3.8, 4) is 5.75 Å². The second-order valence-corrected chi connectivity index (χ2v) is 5.06. The van der Waals surface area contributed by atoms with E-state index in [-0.39, 0.29) is 18.0 Å². The summed E-state index contributed by atoms with van der Waals surface area (Å²) in [6, 6.07) is 5.20. The molecule has 0 aromatic heterocycles. The minimum absolute atomic E-state index is 0.0456. The fourth-order valence-corrected chi connectivity index (χ4v) is 2.41. The molecule has 1 aliphatic carbocycles. The summed E-state index contributed by atoms with van der Waals surface area (Å²) < 4.78 is 24.5. The molecule has 3 atom stereocenters. The number of methoxy groups -OCH3 is 1. The molecule has 3 nitrogen and oxygen atoms in total. The number of hydrogen-bond donors (Lipinski definition) is 1. The Morgan fingerprint density at radius 3 is 2.84 bits per heavy atom. The summed E-state index contributed by atoms with van der Waals surface area (Å²) in [5.74, 6) is 0.506. The van der Waals surface area contributed by atoms with Crippen molar-refractivity contribution in [1.29, 1.82) is 0 Å². The minimum atomic E-state index is -0.202. The highest BCUT2D eigenvalue weighted by molar-refractivity contribution is 5.29. The van der Waals surface area contributed by atoms with Crippen LogP contribution in [0, 0.1) is 12.7 Å². The first kappa shape index (κ1) is 14.3. The van der Waals surface area contributed by atoms with Crippen molar-refractivity contribution in [1.82, 2.24) is 5.32 Å². The SMILES string of the molecule is CCCNC1CC(Oc2ccc(F)c(C)c2)C1OC. The lowest BCUT2D eigenvalue weighted by Crippen LogP contribution is -2.61. The Hall–Kier alpha value is -1.13. The normalized spacial score (nSPS) is 26.0. The maximum absolute atomic E-state index is 13.2. The average Bonchev–Trinajstić information content (AvgIpc) is 2.37. The maximum atomic E-state index is 13.2. The summed E-state index contributed by atoms with van der Waals surface area (Å²) in [5, 5.41) is 3.44. The first-order valence-electron chi connectivity index (χ1n) is 6.84. The molecule has 4 heteroatoms. The number of ether oxygens (including phenoxy) is 2. The van der Waals surface area contributed by atoms with Crippen LogP contribution < -0.4 is 10.1 Å². The Balaban J connectivity index is 1.91. The van der Waals surface area contributed by atoms with E-state index in [0.29, 0.717) is 17.4 Å². The molecule has 2 rings (SSSR count). The number of benzene rings is 1. The van der Waals surface area contributed by atoms with E-state index in [0.717, 1.165) is 19.4 Å². The molecule has 1 aliphatic rings. The highest BCUT2D eigenvalue weighted by Gasteiger charge is 2.42. The fourth-order valence-electron chi connectivity index (χ4n) is 2.41. The molecular formula is C15H22FNO2. The lowest BCUT2D eigenvalue weighted by molar-refractivity contribution is -0.0887. The predicted octanol–water partition coefficient (Wildman–Crippen LogP) is 2.67. The van der Waals surface area contributed by atoms with Crippen LogP contribution in [0.3, 0.4) is 0 Å². The van der Waals surface area contributed by atoms with Gasteiger partial charge in [-0.05, 0) is 43.7 Å². The monoisotopic (exact) mass is 267 g/mol. The molecule has 3 unspecified atom stereocenters. The molecule has 0 aliphatic heterocycles. The first-order valence-corrected chi connectivity index (χ1v) is 6.84. The van der Waals surface area contributed by atoms with Crippen LogP contribution in [0.25, 0.3) is 0 Å². The average molecular weight is 267 g/mol. The summed E-state index contributed by atoms with van der Waals surface area (Å²) in [6.07, 6.45) is 2.14. The van der Waals surface area contributed by atoms with Gasteiger partial charge in [-0.1, -0.05) is 6.92 Å². The summed E-state index contributed by atoms with van der Waals surface area (Å²) in [6.45, 7) is 4.87. The Morgan fingerprint density at radius 2 is 2.21 bits per heavy atom. The molecule has 19 heavy (non-hydrogen) atoms. The third-order valence-electron chi connectivity index (χ3n) is 3.59. The van der Waals surface area contributed by atoms with E-state index in [4.69, 9.17) is 9.47 Å². The van der Waals surface area contributed by atoms with Crippen LogP contribution in [0.1, 0.15) is 25.3 Å². The molecule has 0 radical (unpaired) electrons. The zero-order chi connectivity index (χ0) is 13.8. The second kappa shape index (κ2) is 6.35. The Bertz CT molecular complexity index is 425. The Labute approximate surface area is 114 Å². The summed E-state index contributed by atoms with van der Waals surface area (Å²) in [4.78, 5) is 0. The van der Waals surface area contributed by atoms with Gasteiger partial charge in [0.2, 0.25) is 0 Å². The number of nitrogens with one attached hydrogen (secondary N) is 1. The molecule has 106 valence electrons. The van der Waals surface area contributed by atoms with Crippen LogP contribution in [0.15, 0.2) is 18.2 Å². The zero-order valence-corrected chi connectivity index (χ0v) is 11.8. The van der Waals surface area contributed by atoms with E-state index in [9.17, 15) is 4.39 Å². The standard InChI is InChI=1S/C15H22FNO2/c1-4-7-17-13-9-14(15(13)18-3)19-11-5-6-12(16)10(2)8-11/h5-6,8,13-15,17H,4,7,9H2,1-3H3. The van der Waals surface area contributed by atoms with Gasteiger partial charge in [0, 0.05) is 19.6 Å². The van der Waals surface area contributed by atoms with E-state index in [1.54, 1.807) is 26.2 Å². The predicted molar refractivity (Wildman–Crippen MR) is 73.0 cm³/mol. The maximum Gasteiger partial charge on any atom is 0.128 e. The molecule has 0 heterocycles. The number of rotatable bonds is 6. The molecule has 1 N–H and O–H groups in total. The smallest absolute Gasteiger partial charge is 0.128 e. The van der Waals surface area contributed by atoms with Gasteiger partial charge >= 0.3 is 0 Å². The quantitative estimate of drug-likeness (QED) is 0.859. The molecular weight excluding hydrogens is 245 g/mol. The van der Waals surface area contributed by atoms with Crippen LogP contribution in [-0.4, -0.2) is 31.9 Å². The van der Waals surface area contributed by atoms with E-state index in [1.165, 1.54) is 6.07 Å². The number of aryl methyl sites for hydroxylation is 1. The molecule has 0 spiro atoms. The van der Waals surface area contributed by atoms with Crippen LogP contribution in [-0.2, 0) is 4.74 Å². The number of hydrogen-bond acceptors (Lipinski definition) is 3. The molecule has 1 saturated carbocycles. The van der Waals surface area contributed by atoms with Crippen LogP contribution in [0.5, 0.6) is 5.75 Å². The summed E-state index contributed by atoms with van der Waals surface area (Å²) in [7, 11) is 1.71. The zero-order valence-electron chi connectivity index (χ0n) is 11.8. The number of halogens is 1. The Kier molecular flexibility index (Phi) is 4.77. The Morgan fingerprint density at radius 1 is 1.42 bits per heavy atom. The van der Waals surface area contributed by atoms with Crippen molar-refractivity contribution >= 4 is 0 Å². The highest BCUT2D eigenvalue weighted by atomic mass is 19.1. The fraction of sp³-hybridized carbons (Fsp3) is 0.600. The van der Waals surface area contributed by atoms with E-state index >= 15 is 0 Å². The van der Waals surface area contributed by atoms with Crippen LogP contribution in [0.2, 0.25) is 0 Å². The van der Waals surface area contributed by atoms with Gasteiger partial charge in [-0.2, -0.15) is 0 Å². The molecule has 1 aromatic carbocycles. The molecule has 1 aromatic rings. The van der Waals surface area contributed by atoms with Crippen molar-refractivity contribution in [2.75, 3.05) is 13.7 Å². The largest absolute Gasteiger partial charge is 0.488 e. The van der Waals surface area contributed by atoms with Crippen LogP contribution >= 0.6 is 0 Å². The van der Waals surface area contributed by atoms with Gasteiger partial charge < -0.3 is 14.8 Å². The van der Waals surface area contributed by atoms with E-state index in [2.05, 4.69) is 12.2 Å². The molecule has 0 bridgehead atoms. The second-order valence-electron chi connectivity index (χ2n) is 5.06. The lowest BCUT2D eigenvalue weighted by Gasteiger charge is -2.43. The van der Waals surface area contributed by atoms with Crippen molar-refractivity contribution in [2.45, 2.75) is 44.9 Å². The summed E-state index contributed by atoms with van der Waals surface area (Å²) >= 11 is 0. The van der Waals surface area contributed by atoms with Gasteiger partial charge in [-0.25, -0.2) is 4.39 Å². The lowest BCUT2D eigenvalue weighted by atomic mass is 9.85. The van der Waals surface area contributed by atoms with Crippen LogP contribution in [0.4, 0.5) is 4.39 Å². The van der Waals surface area contributed by atoms with Gasteiger partial charge in [0.05, 0.1) is 0 Å². The van der Waals surface area contributed by atoms with Gasteiger partial charge in [-0.15, -0.1) is 0 Å².